The Bertz CT molecular complexity index is 731. The van der Waals surface area contributed by atoms with E-state index in [1.54, 1.807) is 0 Å². The largest absolute Gasteiger partial charge is 0.573 e. The third-order valence-corrected chi connectivity index (χ3v) is 3.38. The summed E-state index contributed by atoms with van der Waals surface area (Å²) in [5.74, 6) is -2.01. The molecule has 0 fully saturated rings. The molecule has 0 heterocycles. The summed E-state index contributed by atoms with van der Waals surface area (Å²) in [6.07, 6.45) is -6.78. The quantitative estimate of drug-likeness (QED) is 0.877. The Balaban J connectivity index is 2.56. The van der Waals surface area contributed by atoms with Gasteiger partial charge in [0.15, 0.2) is 6.10 Å². The number of alkyl halides is 3. The Labute approximate surface area is 133 Å². The van der Waals surface area contributed by atoms with Crippen molar-refractivity contribution in [2.24, 2.45) is 0 Å². The lowest BCUT2D eigenvalue weighted by Crippen LogP contribution is -2.17. The van der Waals surface area contributed by atoms with Crippen LogP contribution in [0.5, 0.6) is 5.75 Å². The third-order valence-electron chi connectivity index (χ3n) is 2.96. The van der Waals surface area contributed by atoms with Crippen LogP contribution in [0.1, 0.15) is 11.7 Å². The molecule has 0 aliphatic rings. The van der Waals surface area contributed by atoms with Gasteiger partial charge in [-0.05, 0) is 6.07 Å². The number of hydrogen-bond acceptors (Lipinski definition) is 3. The monoisotopic (exact) mass is 346 g/mol. The van der Waals surface area contributed by atoms with Crippen LogP contribution >= 0.6 is 11.6 Å². The fourth-order valence-corrected chi connectivity index (χ4v) is 2.34. The highest BCUT2D eigenvalue weighted by Crippen LogP contribution is 2.39. The van der Waals surface area contributed by atoms with Crippen LogP contribution in [-0.2, 0) is 4.79 Å². The molecule has 1 atom stereocenters. The van der Waals surface area contributed by atoms with Gasteiger partial charge in [-0.15, -0.1) is 13.2 Å². The van der Waals surface area contributed by atoms with Crippen LogP contribution < -0.4 is 4.74 Å². The minimum absolute atomic E-state index is 0.0225. The van der Waals surface area contributed by atoms with Crippen molar-refractivity contribution in [1.82, 2.24) is 0 Å². The normalized spacial score (nSPS) is 12.7. The summed E-state index contributed by atoms with van der Waals surface area (Å²) < 4.78 is 41.4. The highest BCUT2D eigenvalue weighted by molar-refractivity contribution is 6.34. The second-order valence-corrected chi connectivity index (χ2v) is 4.87. The van der Waals surface area contributed by atoms with E-state index in [0.29, 0.717) is 0 Å². The zero-order valence-electron chi connectivity index (χ0n) is 11.3. The van der Waals surface area contributed by atoms with Crippen LogP contribution in [0, 0.1) is 0 Å². The van der Waals surface area contributed by atoms with Crippen molar-refractivity contribution in [3.8, 4) is 16.9 Å². The Kier molecular flexibility index (Phi) is 4.82. The summed E-state index contributed by atoms with van der Waals surface area (Å²) in [6, 6.07) is 9.35. The molecule has 0 bridgehead atoms. The van der Waals surface area contributed by atoms with Crippen molar-refractivity contribution in [3.05, 3.63) is 53.1 Å². The van der Waals surface area contributed by atoms with E-state index in [-0.39, 0.29) is 21.7 Å². The number of aliphatic carboxylic acids is 1. The number of para-hydroxylation sites is 1. The lowest BCUT2D eigenvalue weighted by Gasteiger charge is -2.16. The maximum atomic E-state index is 12.5. The average molecular weight is 347 g/mol. The Morgan fingerprint density at radius 2 is 1.70 bits per heavy atom. The molecule has 0 radical (unpaired) electrons. The van der Waals surface area contributed by atoms with Crippen molar-refractivity contribution in [2.45, 2.75) is 12.5 Å². The topological polar surface area (TPSA) is 66.8 Å². The van der Waals surface area contributed by atoms with Crippen LogP contribution in [0.25, 0.3) is 11.1 Å². The van der Waals surface area contributed by atoms with Crippen LogP contribution in [0.4, 0.5) is 13.2 Å². The van der Waals surface area contributed by atoms with Gasteiger partial charge < -0.3 is 14.9 Å². The third kappa shape index (κ3) is 3.94. The maximum Gasteiger partial charge on any atom is 0.573 e. The SMILES string of the molecule is O=C(O)C(O)c1cccc(-c2ccccc2OC(F)(F)F)c1Cl. The smallest absolute Gasteiger partial charge is 0.479 e. The molecule has 4 nitrogen and oxygen atoms in total. The second kappa shape index (κ2) is 6.47. The number of carbonyl (C=O) groups is 1. The average Bonchev–Trinajstić information content (AvgIpc) is 2.46. The minimum atomic E-state index is -4.89. The highest BCUT2D eigenvalue weighted by atomic mass is 35.5. The van der Waals surface area contributed by atoms with Gasteiger partial charge >= 0.3 is 12.3 Å². The van der Waals surface area contributed by atoms with E-state index in [0.717, 1.165) is 6.07 Å². The zero-order chi connectivity index (χ0) is 17.2. The van der Waals surface area contributed by atoms with Crippen molar-refractivity contribution >= 4 is 17.6 Å². The molecule has 0 aliphatic carbocycles. The van der Waals surface area contributed by atoms with Crippen LogP contribution in [0.2, 0.25) is 5.02 Å². The molecule has 2 N–H and O–H groups in total. The lowest BCUT2D eigenvalue weighted by atomic mass is 9.99. The Morgan fingerprint density at radius 3 is 2.30 bits per heavy atom. The van der Waals surface area contributed by atoms with Gasteiger partial charge in [-0.25, -0.2) is 4.79 Å². The first-order valence-electron chi connectivity index (χ1n) is 6.25. The summed E-state index contributed by atoms with van der Waals surface area (Å²) in [5.41, 5.74) is 0.0112. The molecular formula is C15H10ClF3O4. The summed E-state index contributed by atoms with van der Waals surface area (Å²) >= 11 is 6.07. The van der Waals surface area contributed by atoms with E-state index in [9.17, 15) is 23.1 Å². The predicted octanol–water partition coefficient (Wildman–Crippen LogP) is 4.02. The second-order valence-electron chi connectivity index (χ2n) is 4.49. The van der Waals surface area contributed by atoms with Gasteiger partial charge in [0.25, 0.3) is 0 Å². The first-order chi connectivity index (χ1) is 10.7. The molecule has 122 valence electrons. The number of halogens is 4. The molecule has 1 unspecified atom stereocenters. The van der Waals surface area contributed by atoms with E-state index in [4.69, 9.17) is 16.7 Å². The first kappa shape index (κ1) is 17.1. The summed E-state index contributed by atoms with van der Waals surface area (Å²) in [6.45, 7) is 0. The van der Waals surface area contributed by atoms with Gasteiger partial charge in [0.05, 0.1) is 5.02 Å². The van der Waals surface area contributed by atoms with Gasteiger partial charge in [0, 0.05) is 16.7 Å². The summed E-state index contributed by atoms with van der Waals surface area (Å²) in [5, 5.41) is 18.3. The molecular weight excluding hydrogens is 337 g/mol. The predicted molar refractivity (Wildman–Crippen MR) is 76.2 cm³/mol. The van der Waals surface area contributed by atoms with Crippen molar-refractivity contribution in [1.29, 1.82) is 0 Å². The number of rotatable bonds is 4. The Morgan fingerprint density at radius 1 is 1.09 bits per heavy atom. The van der Waals surface area contributed by atoms with Gasteiger partial charge in [0.2, 0.25) is 0 Å². The molecule has 2 aromatic carbocycles. The molecule has 0 saturated heterocycles. The number of carboxylic acid groups (broad SMARTS) is 1. The number of aliphatic hydroxyl groups excluding tert-OH is 1. The van der Waals surface area contributed by atoms with E-state index >= 15 is 0 Å². The molecule has 23 heavy (non-hydrogen) atoms. The van der Waals surface area contributed by atoms with Gasteiger partial charge in [-0.3, -0.25) is 0 Å². The lowest BCUT2D eigenvalue weighted by molar-refractivity contribution is -0.274. The molecule has 0 amide bonds. The number of hydrogen-bond donors (Lipinski definition) is 2. The number of benzene rings is 2. The van der Waals surface area contributed by atoms with E-state index in [2.05, 4.69) is 4.74 Å². The molecule has 0 aromatic heterocycles. The number of carboxylic acids is 1. The van der Waals surface area contributed by atoms with E-state index in [1.165, 1.54) is 36.4 Å². The molecule has 2 aromatic rings. The first-order valence-corrected chi connectivity index (χ1v) is 6.63. The molecule has 0 saturated carbocycles. The minimum Gasteiger partial charge on any atom is -0.479 e. The molecule has 0 aliphatic heterocycles. The van der Waals surface area contributed by atoms with Crippen LogP contribution in [0.15, 0.2) is 42.5 Å². The van der Waals surface area contributed by atoms with Crippen LogP contribution in [-0.4, -0.2) is 22.5 Å². The van der Waals surface area contributed by atoms with E-state index in [1.807, 2.05) is 0 Å². The molecule has 8 heteroatoms. The molecule has 2 rings (SSSR count). The summed E-state index contributed by atoms with van der Waals surface area (Å²) in [4.78, 5) is 10.9. The van der Waals surface area contributed by atoms with Crippen molar-refractivity contribution < 1.29 is 32.9 Å². The van der Waals surface area contributed by atoms with Gasteiger partial charge in [-0.2, -0.15) is 0 Å². The maximum absolute atomic E-state index is 12.5. The molecule has 0 spiro atoms. The zero-order valence-corrected chi connectivity index (χ0v) is 12.1. The fraction of sp³-hybridized carbons (Fsp3) is 0.133. The van der Waals surface area contributed by atoms with Gasteiger partial charge in [0.1, 0.15) is 5.75 Å². The highest BCUT2D eigenvalue weighted by Gasteiger charge is 2.32. The van der Waals surface area contributed by atoms with Crippen molar-refractivity contribution in [2.75, 3.05) is 0 Å². The van der Waals surface area contributed by atoms with Gasteiger partial charge in [-0.1, -0.05) is 48.0 Å². The Hall–Kier alpha value is -2.25. The van der Waals surface area contributed by atoms with Crippen LogP contribution in [0.3, 0.4) is 0 Å². The van der Waals surface area contributed by atoms with Crippen molar-refractivity contribution in [3.63, 3.8) is 0 Å². The summed E-state index contributed by atoms with van der Waals surface area (Å²) in [7, 11) is 0. The van der Waals surface area contributed by atoms with E-state index < -0.39 is 24.2 Å². The number of aliphatic hydroxyl groups is 1. The standard InChI is InChI=1S/C15H10ClF3O4/c16-12-9(5-3-6-10(12)13(20)14(21)22)8-4-1-2-7-11(8)23-15(17,18)19/h1-7,13,20H,(H,21,22). The fourth-order valence-electron chi connectivity index (χ4n) is 2.00. The number of ether oxygens (including phenoxy) is 1.